The van der Waals surface area contributed by atoms with E-state index in [1.54, 1.807) is 13.0 Å². The van der Waals surface area contributed by atoms with E-state index in [1.807, 2.05) is 25.1 Å². The molecule has 0 spiro atoms. The second kappa shape index (κ2) is 5.47. The maximum atomic E-state index is 12.0. The molecule has 0 saturated carbocycles. The van der Waals surface area contributed by atoms with Gasteiger partial charge in [0.1, 0.15) is 13.2 Å². The molecule has 1 aliphatic rings. The molecule has 0 saturated heterocycles. The Morgan fingerprint density at radius 2 is 2.00 bits per heavy atom. The molecule has 0 aliphatic carbocycles. The lowest BCUT2D eigenvalue weighted by molar-refractivity contribution is 0.0902. The van der Waals surface area contributed by atoms with E-state index < -0.39 is 0 Å². The van der Waals surface area contributed by atoms with Crippen LogP contribution in [0.1, 0.15) is 34.8 Å². The van der Waals surface area contributed by atoms with E-state index in [2.05, 4.69) is 10.5 Å². The van der Waals surface area contributed by atoms with Crippen molar-refractivity contribution >= 4 is 5.91 Å². The third-order valence-electron chi connectivity index (χ3n) is 3.27. The molecule has 1 atom stereocenters. The summed E-state index contributed by atoms with van der Waals surface area (Å²) in [6, 6.07) is 7.06. The molecule has 1 aliphatic heterocycles. The molecule has 1 N–H and O–H groups in total. The second-order valence-corrected chi connectivity index (χ2v) is 4.93. The van der Waals surface area contributed by atoms with Gasteiger partial charge in [0.15, 0.2) is 11.5 Å². The molecule has 0 unspecified atom stereocenters. The summed E-state index contributed by atoms with van der Waals surface area (Å²) in [4.78, 5) is 12.0. The van der Waals surface area contributed by atoms with Crippen molar-refractivity contribution in [3.8, 4) is 11.5 Å². The zero-order chi connectivity index (χ0) is 14.8. The van der Waals surface area contributed by atoms with Crippen molar-refractivity contribution < 1.29 is 18.8 Å². The van der Waals surface area contributed by atoms with Gasteiger partial charge in [0, 0.05) is 6.07 Å². The van der Waals surface area contributed by atoms with Crippen molar-refractivity contribution in [3.05, 3.63) is 41.3 Å². The second-order valence-electron chi connectivity index (χ2n) is 4.93. The van der Waals surface area contributed by atoms with Crippen molar-refractivity contribution in [2.24, 2.45) is 0 Å². The minimum absolute atomic E-state index is 0.182. The zero-order valence-corrected chi connectivity index (χ0v) is 11.9. The molecule has 0 bridgehead atoms. The lowest BCUT2D eigenvalue weighted by Crippen LogP contribution is -2.26. The number of fused-ring (bicyclic) bond motifs is 1. The van der Waals surface area contributed by atoms with E-state index in [1.165, 1.54) is 0 Å². The topological polar surface area (TPSA) is 73.6 Å². The van der Waals surface area contributed by atoms with Crippen LogP contribution in [0.2, 0.25) is 0 Å². The molecule has 110 valence electrons. The van der Waals surface area contributed by atoms with Crippen LogP contribution in [0.15, 0.2) is 28.8 Å². The first kappa shape index (κ1) is 13.5. The lowest BCUT2D eigenvalue weighted by atomic mass is 10.1. The first-order chi connectivity index (χ1) is 10.1. The molecule has 1 amide bonds. The Morgan fingerprint density at radius 3 is 2.71 bits per heavy atom. The van der Waals surface area contributed by atoms with Crippen molar-refractivity contribution in [2.75, 3.05) is 13.2 Å². The fourth-order valence-corrected chi connectivity index (χ4v) is 2.15. The van der Waals surface area contributed by atoms with Crippen molar-refractivity contribution in [2.45, 2.75) is 19.9 Å². The number of carbonyl (C=O) groups is 1. The summed E-state index contributed by atoms with van der Waals surface area (Å²) in [5.74, 6) is 1.35. The predicted molar refractivity (Wildman–Crippen MR) is 74.6 cm³/mol. The molecule has 1 aromatic heterocycles. The fourth-order valence-electron chi connectivity index (χ4n) is 2.15. The number of aromatic nitrogens is 1. The van der Waals surface area contributed by atoms with Crippen LogP contribution in [0.4, 0.5) is 0 Å². The first-order valence-electron chi connectivity index (χ1n) is 6.77. The number of nitrogens with zero attached hydrogens (tertiary/aromatic N) is 1. The third kappa shape index (κ3) is 2.84. The van der Waals surface area contributed by atoms with Crippen LogP contribution in [-0.4, -0.2) is 24.3 Å². The van der Waals surface area contributed by atoms with Gasteiger partial charge < -0.3 is 19.3 Å². The summed E-state index contributed by atoms with van der Waals surface area (Å²) < 4.78 is 16.0. The minimum Gasteiger partial charge on any atom is -0.486 e. The third-order valence-corrected chi connectivity index (χ3v) is 3.27. The average molecular weight is 288 g/mol. The summed E-state index contributed by atoms with van der Waals surface area (Å²) in [6.45, 7) is 4.76. The maximum Gasteiger partial charge on any atom is 0.290 e. The van der Waals surface area contributed by atoms with Gasteiger partial charge in [-0.15, -0.1) is 0 Å². The highest BCUT2D eigenvalue weighted by Gasteiger charge is 2.18. The van der Waals surface area contributed by atoms with Gasteiger partial charge in [-0.2, -0.15) is 0 Å². The molecule has 0 fully saturated rings. The van der Waals surface area contributed by atoms with Gasteiger partial charge in [-0.25, -0.2) is 0 Å². The Morgan fingerprint density at radius 1 is 1.24 bits per heavy atom. The van der Waals surface area contributed by atoms with Crippen LogP contribution >= 0.6 is 0 Å². The number of hydrogen-bond donors (Lipinski definition) is 1. The molecule has 21 heavy (non-hydrogen) atoms. The van der Waals surface area contributed by atoms with Gasteiger partial charge in [0.05, 0.1) is 11.7 Å². The number of nitrogens with one attached hydrogen (secondary N) is 1. The zero-order valence-electron chi connectivity index (χ0n) is 11.9. The number of amides is 1. The van der Waals surface area contributed by atoms with Gasteiger partial charge in [-0.3, -0.25) is 4.79 Å². The van der Waals surface area contributed by atoms with Crippen LogP contribution in [0.5, 0.6) is 11.5 Å². The summed E-state index contributed by atoms with van der Waals surface area (Å²) in [5.41, 5.74) is 1.61. The Hall–Kier alpha value is -2.50. The highest BCUT2D eigenvalue weighted by atomic mass is 16.6. The number of aryl methyl sites for hydroxylation is 1. The first-order valence-corrected chi connectivity index (χ1v) is 6.77. The van der Waals surface area contributed by atoms with Gasteiger partial charge in [-0.1, -0.05) is 11.2 Å². The number of carbonyl (C=O) groups excluding carboxylic acids is 1. The van der Waals surface area contributed by atoms with E-state index in [0.29, 0.717) is 24.7 Å². The van der Waals surface area contributed by atoms with Crippen molar-refractivity contribution in [1.82, 2.24) is 10.5 Å². The van der Waals surface area contributed by atoms with Crippen LogP contribution in [0.3, 0.4) is 0 Å². The summed E-state index contributed by atoms with van der Waals surface area (Å²) in [5, 5.41) is 6.57. The highest BCUT2D eigenvalue weighted by Crippen LogP contribution is 2.32. The summed E-state index contributed by atoms with van der Waals surface area (Å²) >= 11 is 0. The smallest absolute Gasteiger partial charge is 0.290 e. The normalized spacial score (nSPS) is 14.6. The highest BCUT2D eigenvalue weighted by molar-refractivity contribution is 5.91. The molecule has 1 aromatic carbocycles. The number of rotatable bonds is 3. The lowest BCUT2D eigenvalue weighted by Gasteiger charge is -2.20. The minimum atomic E-state index is -0.294. The number of ether oxygens (including phenoxy) is 2. The molecule has 2 heterocycles. The molecular formula is C15H16N2O4. The van der Waals surface area contributed by atoms with E-state index in [-0.39, 0.29) is 17.7 Å². The molecule has 6 heteroatoms. The van der Waals surface area contributed by atoms with Gasteiger partial charge in [0.25, 0.3) is 5.91 Å². The SMILES string of the molecule is Cc1cc(C(=O)N[C@H](C)c2ccc3c(c2)OCCO3)on1. The Labute approximate surface area is 122 Å². The van der Waals surface area contributed by atoms with E-state index in [0.717, 1.165) is 11.3 Å². The van der Waals surface area contributed by atoms with Crippen molar-refractivity contribution in [1.29, 1.82) is 0 Å². The van der Waals surface area contributed by atoms with E-state index in [4.69, 9.17) is 14.0 Å². The Bertz CT molecular complexity index is 665. The average Bonchev–Trinajstić information content (AvgIpc) is 2.93. The van der Waals surface area contributed by atoms with Crippen molar-refractivity contribution in [3.63, 3.8) is 0 Å². The van der Waals surface area contributed by atoms with Gasteiger partial charge in [0.2, 0.25) is 5.76 Å². The fraction of sp³-hybridized carbons (Fsp3) is 0.333. The molecular weight excluding hydrogens is 272 g/mol. The maximum absolute atomic E-state index is 12.0. The Kier molecular flexibility index (Phi) is 3.51. The predicted octanol–water partition coefficient (Wildman–Crippen LogP) is 2.25. The number of hydrogen-bond acceptors (Lipinski definition) is 5. The molecule has 3 rings (SSSR count). The number of benzene rings is 1. The van der Waals surface area contributed by atoms with E-state index in [9.17, 15) is 4.79 Å². The van der Waals surface area contributed by atoms with Gasteiger partial charge in [-0.05, 0) is 31.5 Å². The standard InChI is InChI=1S/C15H16N2O4/c1-9-7-14(21-17-9)15(18)16-10(2)11-3-4-12-13(8-11)20-6-5-19-12/h3-4,7-8,10H,5-6H2,1-2H3,(H,16,18)/t10-/m1/s1. The van der Waals surface area contributed by atoms with Gasteiger partial charge >= 0.3 is 0 Å². The van der Waals surface area contributed by atoms with Crippen LogP contribution in [0.25, 0.3) is 0 Å². The Balaban J connectivity index is 1.73. The molecule has 6 nitrogen and oxygen atoms in total. The van der Waals surface area contributed by atoms with Crippen LogP contribution < -0.4 is 14.8 Å². The quantitative estimate of drug-likeness (QED) is 0.937. The molecule has 2 aromatic rings. The summed E-state index contributed by atoms with van der Waals surface area (Å²) in [7, 11) is 0. The largest absolute Gasteiger partial charge is 0.486 e. The summed E-state index contributed by atoms with van der Waals surface area (Å²) in [6.07, 6.45) is 0. The van der Waals surface area contributed by atoms with Crippen LogP contribution in [0, 0.1) is 6.92 Å². The monoisotopic (exact) mass is 288 g/mol. The van der Waals surface area contributed by atoms with E-state index >= 15 is 0 Å². The van der Waals surface area contributed by atoms with Crippen LogP contribution in [-0.2, 0) is 0 Å². The molecule has 0 radical (unpaired) electrons.